The zero-order valence-corrected chi connectivity index (χ0v) is 15.2. The lowest BCUT2D eigenvalue weighted by Crippen LogP contribution is -2.45. The van der Waals surface area contributed by atoms with Crippen LogP contribution in [0, 0.1) is 0 Å². The molecule has 4 rings (SSSR count). The second kappa shape index (κ2) is 5.92. The highest BCUT2D eigenvalue weighted by Gasteiger charge is 2.36. The van der Waals surface area contributed by atoms with Gasteiger partial charge in [0.1, 0.15) is 0 Å². The summed E-state index contributed by atoms with van der Waals surface area (Å²) >= 11 is 6.08. The molecule has 0 saturated carbocycles. The lowest BCUT2D eigenvalue weighted by atomic mass is 9.82. The summed E-state index contributed by atoms with van der Waals surface area (Å²) in [6.45, 7) is 5.47. The molecule has 4 heteroatoms. The topological polar surface area (TPSA) is 36.1 Å². The number of amides is 1. The van der Waals surface area contributed by atoms with Crippen molar-refractivity contribution >= 4 is 28.4 Å². The van der Waals surface area contributed by atoms with Crippen molar-refractivity contribution in [2.24, 2.45) is 0 Å². The largest absolute Gasteiger partial charge is 0.361 e. The third-order valence-electron chi connectivity index (χ3n) is 5.27. The zero-order valence-electron chi connectivity index (χ0n) is 14.5. The van der Waals surface area contributed by atoms with E-state index in [1.54, 1.807) is 0 Å². The fraction of sp³-hybridized carbons (Fsp3) is 0.286. The third-order valence-corrected chi connectivity index (χ3v) is 5.50. The summed E-state index contributed by atoms with van der Waals surface area (Å²) in [5.74, 6) is 0.165. The van der Waals surface area contributed by atoms with Gasteiger partial charge in [0.05, 0.1) is 5.41 Å². The van der Waals surface area contributed by atoms with Gasteiger partial charge in [-0.1, -0.05) is 41.9 Å². The van der Waals surface area contributed by atoms with Crippen molar-refractivity contribution in [1.29, 1.82) is 0 Å². The van der Waals surface area contributed by atoms with Crippen LogP contribution < -0.4 is 0 Å². The van der Waals surface area contributed by atoms with Gasteiger partial charge >= 0.3 is 0 Å². The summed E-state index contributed by atoms with van der Waals surface area (Å²) in [5.41, 5.74) is 3.99. The lowest BCUT2D eigenvalue weighted by molar-refractivity contribution is -0.137. The summed E-state index contributed by atoms with van der Waals surface area (Å²) < 4.78 is 0. The Kier molecular flexibility index (Phi) is 3.84. The van der Waals surface area contributed by atoms with Crippen molar-refractivity contribution in [2.45, 2.75) is 32.2 Å². The van der Waals surface area contributed by atoms with E-state index in [-0.39, 0.29) is 5.91 Å². The Morgan fingerprint density at radius 2 is 1.92 bits per heavy atom. The maximum atomic E-state index is 13.3. The molecule has 0 atom stereocenters. The van der Waals surface area contributed by atoms with Crippen LogP contribution in [0.1, 0.15) is 30.5 Å². The molecule has 1 aliphatic heterocycles. The highest BCUT2D eigenvalue weighted by atomic mass is 35.5. The molecule has 3 nitrogen and oxygen atoms in total. The summed E-state index contributed by atoms with van der Waals surface area (Å²) in [6.07, 6.45) is 2.86. The molecule has 0 saturated heterocycles. The number of carbonyl (C=O) groups excluding carboxylic acids is 1. The van der Waals surface area contributed by atoms with Gasteiger partial charge in [-0.15, -0.1) is 0 Å². The van der Waals surface area contributed by atoms with Gasteiger partial charge in [0.15, 0.2) is 0 Å². The van der Waals surface area contributed by atoms with Crippen LogP contribution >= 0.6 is 11.6 Å². The van der Waals surface area contributed by atoms with E-state index < -0.39 is 5.41 Å². The quantitative estimate of drug-likeness (QED) is 0.714. The molecule has 0 bridgehead atoms. The second-order valence-electron chi connectivity index (χ2n) is 7.26. The highest BCUT2D eigenvalue weighted by molar-refractivity contribution is 6.31. The van der Waals surface area contributed by atoms with Crippen LogP contribution in [0.25, 0.3) is 10.9 Å². The van der Waals surface area contributed by atoms with Gasteiger partial charge in [0, 0.05) is 35.2 Å². The van der Waals surface area contributed by atoms with Crippen molar-refractivity contribution in [1.82, 2.24) is 9.88 Å². The van der Waals surface area contributed by atoms with Crippen LogP contribution in [-0.2, 0) is 23.2 Å². The van der Waals surface area contributed by atoms with E-state index in [1.165, 1.54) is 11.1 Å². The van der Waals surface area contributed by atoms with E-state index in [2.05, 4.69) is 23.2 Å². The van der Waals surface area contributed by atoms with E-state index >= 15 is 0 Å². The average Bonchev–Trinajstić information content (AvgIpc) is 3.04. The SMILES string of the molecule is CC(C)(C(=O)N1CCc2ccccc2C1)c1c[nH]c2cc(Cl)ccc12. The van der Waals surface area contributed by atoms with E-state index in [1.807, 2.05) is 49.2 Å². The molecule has 2 heterocycles. The Hall–Kier alpha value is -2.26. The first kappa shape index (κ1) is 16.2. The molecule has 1 aliphatic rings. The number of fused-ring (bicyclic) bond motifs is 2. The van der Waals surface area contributed by atoms with Gasteiger partial charge < -0.3 is 9.88 Å². The number of carbonyl (C=O) groups is 1. The minimum Gasteiger partial charge on any atom is -0.361 e. The van der Waals surface area contributed by atoms with Crippen molar-refractivity contribution in [3.63, 3.8) is 0 Å². The van der Waals surface area contributed by atoms with Crippen LogP contribution in [0.5, 0.6) is 0 Å². The maximum Gasteiger partial charge on any atom is 0.233 e. The fourth-order valence-electron chi connectivity index (χ4n) is 3.80. The van der Waals surface area contributed by atoms with E-state index in [9.17, 15) is 4.79 Å². The molecule has 0 unspecified atom stereocenters. The zero-order chi connectivity index (χ0) is 17.6. The van der Waals surface area contributed by atoms with E-state index in [0.29, 0.717) is 11.6 Å². The van der Waals surface area contributed by atoms with Crippen LogP contribution in [0.15, 0.2) is 48.7 Å². The molecule has 25 heavy (non-hydrogen) atoms. The lowest BCUT2D eigenvalue weighted by Gasteiger charge is -2.35. The summed E-state index contributed by atoms with van der Waals surface area (Å²) in [6, 6.07) is 14.2. The Labute approximate surface area is 152 Å². The number of hydrogen-bond donors (Lipinski definition) is 1. The Morgan fingerprint density at radius 1 is 1.16 bits per heavy atom. The maximum absolute atomic E-state index is 13.3. The van der Waals surface area contributed by atoms with Crippen LogP contribution in [0.3, 0.4) is 0 Å². The summed E-state index contributed by atoms with van der Waals surface area (Å²) in [5, 5.41) is 1.75. The normalized spacial score (nSPS) is 14.6. The molecular weight excluding hydrogens is 332 g/mol. The molecule has 0 aliphatic carbocycles. The predicted molar refractivity (Wildman–Crippen MR) is 102 cm³/mol. The molecule has 1 N–H and O–H groups in total. The number of nitrogens with one attached hydrogen (secondary N) is 1. The van der Waals surface area contributed by atoms with Gasteiger partial charge in [-0.2, -0.15) is 0 Å². The highest BCUT2D eigenvalue weighted by Crippen LogP contribution is 2.34. The van der Waals surface area contributed by atoms with Gasteiger partial charge in [0.25, 0.3) is 0 Å². The molecule has 0 spiro atoms. The Bertz CT molecular complexity index is 957. The smallest absolute Gasteiger partial charge is 0.233 e. The number of nitrogens with zero attached hydrogens (tertiary/aromatic N) is 1. The van der Waals surface area contributed by atoms with Crippen molar-refractivity contribution in [3.05, 3.63) is 70.4 Å². The van der Waals surface area contributed by atoms with Crippen LogP contribution in [0.2, 0.25) is 5.02 Å². The molecule has 2 aromatic carbocycles. The number of halogens is 1. The van der Waals surface area contributed by atoms with Gasteiger partial charge in [0.2, 0.25) is 5.91 Å². The number of H-pyrrole nitrogens is 1. The second-order valence-corrected chi connectivity index (χ2v) is 7.70. The molecule has 0 radical (unpaired) electrons. The van der Waals surface area contributed by atoms with Gasteiger partial charge in [-0.3, -0.25) is 4.79 Å². The van der Waals surface area contributed by atoms with Gasteiger partial charge in [-0.25, -0.2) is 0 Å². The van der Waals surface area contributed by atoms with Crippen molar-refractivity contribution in [2.75, 3.05) is 6.54 Å². The first-order chi connectivity index (χ1) is 12.0. The molecule has 1 amide bonds. The first-order valence-corrected chi connectivity index (χ1v) is 8.98. The van der Waals surface area contributed by atoms with Gasteiger partial charge in [-0.05, 0) is 49.1 Å². The number of hydrogen-bond acceptors (Lipinski definition) is 1. The average molecular weight is 353 g/mol. The predicted octanol–water partition coefficient (Wildman–Crippen LogP) is 4.68. The van der Waals surface area contributed by atoms with Crippen LogP contribution in [0.4, 0.5) is 0 Å². The summed E-state index contributed by atoms with van der Waals surface area (Å²) in [4.78, 5) is 18.6. The Balaban J connectivity index is 1.66. The number of aromatic nitrogens is 1. The third kappa shape index (κ3) is 2.73. The van der Waals surface area contributed by atoms with Crippen LogP contribution in [-0.4, -0.2) is 22.3 Å². The standard InChI is InChI=1S/C21H21ClN2O/c1-21(2,18-12-23-19-11-16(22)7-8-17(18)19)20(25)24-10-9-14-5-3-4-6-15(14)13-24/h3-8,11-12,23H,9-10,13H2,1-2H3. The molecule has 3 aromatic rings. The minimum absolute atomic E-state index is 0.165. The van der Waals surface area contributed by atoms with Crippen molar-refractivity contribution < 1.29 is 4.79 Å². The molecular formula is C21H21ClN2O. The molecule has 0 fully saturated rings. The number of rotatable bonds is 2. The summed E-state index contributed by atoms with van der Waals surface area (Å²) in [7, 11) is 0. The van der Waals surface area contributed by atoms with E-state index in [0.717, 1.165) is 29.4 Å². The number of aromatic amines is 1. The minimum atomic E-state index is -0.599. The molecule has 128 valence electrons. The van der Waals surface area contributed by atoms with Crippen molar-refractivity contribution in [3.8, 4) is 0 Å². The monoisotopic (exact) mass is 352 g/mol. The molecule has 1 aromatic heterocycles. The first-order valence-electron chi connectivity index (χ1n) is 8.60. The fourth-order valence-corrected chi connectivity index (χ4v) is 3.97. The Morgan fingerprint density at radius 3 is 2.72 bits per heavy atom. The van der Waals surface area contributed by atoms with E-state index in [4.69, 9.17) is 11.6 Å². The number of benzene rings is 2.